The van der Waals surface area contributed by atoms with Crippen LogP contribution in [0, 0.1) is 0 Å². The van der Waals surface area contributed by atoms with Crippen molar-refractivity contribution in [3.63, 3.8) is 0 Å². The molecule has 1 atom stereocenters. The Kier molecular flexibility index (Phi) is 2.07. The Bertz CT molecular complexity index is 106. The zero-order valence-corrected chi connectivity index (χ0v) is 6.34. The molecule has 3 nitrogen and oxygen atoms in total. The first-order chi connectivity index (χ1) is 3.79. The minimum Gasteiger partial charge on any atom is -0.369 e. The van der Waals surface area contributed by atoms with Gasteiger partial charge >= 0.3 is 0 Å². The lowest BCUT2D eigenvalue weighted by Crippen LogP contribution is -2.41. The number of hydrogen-bond donors (Lipinski definition) is 1. The lowest BCUT2D eigenvalue weighted by molar-refractivity contribution is -0.129. The van der Waals surface area contributed by atoms with E-state index in [1.165, 1.54) is 0 Å². The summed E-state index contributed by atoms with van der Waals surface area (Å²) >= 11 is 2.12. The van der Waals surface area contributed by atoms with Gasteiger partial charge < -0.3 is 10.1 Å². The number of alkyl halides is 1. The van der Waals surface area contributed by atoms with Gasteiger partial charge in [-0.25, -0.2) is 0 Å². The van der Waals surface area contributed by atoms with Crippen molar-refractivity contribution >= 4 is 28.5 Å². The van der Waals surface area contributed by atoms with Crippen molar-refractivity contribution in [1.82, 2.24) is 5.32 Å². The van der Waals surface area contributed by atoms with Crippen molar-refractivity contribution < 1.29 is 9.53 Å². The van der Waals surface area contributed by atoms with Gasteiger partial charge in [0, 0.05) is 0 Å². The summed E-state index contributed by atoms with van der Waals surface area (Å²) in [6.07, 6.45) is 0. The molecule has 1 unspecified atom stereocenters. The van der Waals surface area contributed by atoms with Crippen LogP contribution in [0.1, 0.15) is 0 Å². The number of carbonyl (C=O) groups is 1. The zero-order chi connectivity index (χ0) is 5.98. The zero-order valence-electron chi connectivity index (χ0n) is 4.19. The summed E-state index contributed by atoms with van der Waals surface area (Å²) in [6.45, 7) is 0.853. The average molecular weight is 227 g/mol. The first-order valence-electron chi connectivity index (χ1n) is 2.30. The molecule has 1 rings (SSSR count). The van der Waals surface area contributed by atoms with E-state index in [4.69, 9.17) is 4.74 Å². The Morgan fingerprint density at radius 1 is 1.88 bits per heavy atom. The predicted octanol–water partition coefficient (Wildman–Crippen LogP) is -0.106. The predicted molar refractivity (Wildman–Crippen MR) is 36.8 cm³/mol. The molecule has 1 N–H and O–H groups in total. The molecule has 0 radical (unpaired) electrons. The van der Waals surface area contributed by atoms with Gasteiger partial charge in [0.2, 0.25) is 5.91 Å². The summed E-state index contributed by atoms with van der Waals surface area (Å²) in [6, 6.07) is 0. The van der Waals surface area contributed by atoms with Crippen molar-refractivity contribution in [2.45, 2.75) is 4.05 Å². The van der Waals surface area contributed by atoms with Crippen LogP contribution in [0.4, 0.5) is 0 Å². The summed E-state index contributed by atoms with van der Waals surface area (Å²) in [5.41, 5.74) is 0. The molecule has 0 saturated carbocycles. The van der Waals surface area contributed by atoms with Gasteiger partial charge in [0.15, 0.2) is 0 Å². The van der Waals surface area contributed by atoms with Gasteiger partial charge in [-0.05, 0) is 0 Å². The second kappa shape index (κ2) is 2.63. The lowest BCUT2D eigenvalue weighted by Gasteiger charge is -2.17. The van der Waals surface area contributed by atoms with Gasteiger partial charge in [-0.2, -0.15) is 0 Å². The Labute approximate surface area is 60.9 Å². The van der Waals surface area contributed by atoms with Crippen LogP contribution < -0.4 is 5.32 Å². The third-order valence-corrected chi connectivity index (χ3v) is 1.49. The summed E-state index contributed by atoms with van der Waals surface area (Å²) < 4.78 is 5.04. The first-order valence-corrected chi connectivity index (χ1v) is 3.55. The quantitative estimate of drug-likeness (QED) is 0.356. The first kappa shape index (κ1) is 6.28. The summed E-state index contributed by atoms with van der Waals surface area (Å²) in [5, 5.41) is 2.70. The van der Waals surface area contributed by atoms with Gasteiger partial charge in [-0.15, -0.1) is 0 Å². The van der Waals surface area contributed by atoms with E-state index in [0.29, 0.717) is 6.61 Å². The van der Waals surface area contributed by atoms with Gasteiger partial charge in [0.1, 0.15) is 10.7 Å². The van der Waals surface area contributed by atoms with E-state index in [0.717, 1.165) is 0 Å². The van der Waals surface area contributed by atoms with Crippen molar-refractivity contribution in [2.24, 2.45) is 0 Å². The fourth-order valence-electron chi connectivity index (χ4n) is 0.513. The Balaban J connectivity index is 2.34. The number of hydrogen-bond acceptors (Lipinski definition) is 2. The highest BCUT2D eigenvalue weighted by Crippen LogP contribution is 2.00. The fourth-order valence-corrected chi connectivity index (χ4v) is 1.11. The van der Waals surface area contributed by atoms with Gasteiger partial charge in [-0.3, -0.25) is 4.79 Å². The minimum atomic E-state index is -0.0179. The molecule has 0 aromatic heterocycles. The second-order valence-electron chi connectivity index (χ2n) is 1.55. The monoisotopic (exact) mass is 227 g/mol. The Morgan fingerprint density at radius 3 is 3.00 bits per heavy atom. The molecule has 1 aliphatic rings. The maximum Gasteiger partial charge on any atom is 0.246 e. The number of carbonyl (C=O) groups excluding carboxylic acids is 1. The standard InChI is InChI=1S/C4H6INO2/c5-3-1-8-2-4(7)6-3/h3H,1-2H2,(H,6,7). The van der Waals surface area contributed by atoms with E-state index in [2.05, 4.69) is 27.9 Å². The Morgan fingerprint density at radius 2 is 2.62 bits per heavy atom. The number of rotatable bonds is 0. The van der Waals surface area contributed by atoms with Crippen LogP contribution >= 0.6 is 22.6 Å². The maximum atomic E-state index is 10.4. The van der Waals surface area contributed by atoms with Crippen LogP contribution in [0.5, 0.6) is 0 Å². The third-order valence-electron chi connectivity index (χ3n) is 0.815. The molecule has 1 fully saturated rings. The molecule has 0 aromatic carbocycles. The molecule has 8 heavy (non-hydrogen) atoms. The average Bonchev–Trinajstić information content (AvgIpc) is 1.64. The lowest BCUT2D eigenvalue weighted by atomic mass is 10.5. The van der Waals surface area contributed by atoms with E-state index in [-0.39, 0.29) is 16.6 Å². The number of ether oxygens (including phenoxy) is 1. The van der Waals surface area contributed by atoms with Crippen molar-refractivity contribution in [3.8, 4) is 0 Å². The van der Waals surface area contributed by atoms with Gasteiger partial charge in [0.25, 0.3) is 0 Å². The molecule has 0 aromatic rings. The highest BCUT2D eigenvalue weighted by Gasteiger charge is 2.14. The third kappa shape index (κ3) is 1.59. The van der Waals surface area contributed by atoms with E-state index >= 15 is 0 Å². The molecule has 1 saturated heterocycles. The topological polar surface area (TPSA) is 38.3 Å². The van der Waals surface area contributed by atoms with E-state index in [9.17, 15) is 4.79 Å². The molecule has 1 heterocycles. The van der Waals surface area contributed by atoms with Crippen molar-refractivity contribution in [2.75, 3.05) is 13.2 Å². The van der Waals surface area contributed by atoms with Crippen molar-refractivity contribution in [1.29, 1.82) is 0 Å². The number of nitrogens with one attached hydrogen (secondary N) is 1. The molecule has 1 amide bonds. The number of morpholine rings is 1. The highest BCUT2D eigenvalue weighted by atomic mass is 127. The molecule has 0 spiro atoms. The van der Waals surface area contributed by atoms with Crippen LogP contribution in [-0.2, 0) is 9.53 Å². The molecule has 0 bridgehead atoms. The highest BCUT2D eigenvalue weighted by molar-refractivity contribution is 14.1. The molecular weight excluding hydrogens is 221 g/mol. The molecule has 0 aliphatic carbocycles. The second-order valence-corrected chi connectivity index (χ2v) is 3.05. The summed E-state index contributed by atoms with van der Waals surface area (Å²) in [5.74, 6) is -0.0179. The fraction of sp³-hybridized carbons (Fsp3) is 0.750. The normalized spacial score (nSPS) is 29.6. The van der Waals surface area contributed by atoms with Crippen LogP contribution in [0.15, 0.2) is 0 Å². The van der Waals surface area contributed by atoms with Gasteiger partial charge in [-0.1, -0.05) is 22.6 Å². The summed E-state index contributed by atoms with van der Waals surface area (Å²) in [7, 11) is 0. The smallest absolute Gasteiger partial charge is 0.246 e. The minimum absolute atomic E-state index is 0.0179. The van der Waals surface area contributed by atoms with E-state index < -0.39 is 0 Å². The molecular formula is C4H6INO2. The van der Waals surface area contributed by atoms with E-state index in [1.807, 2.05) is 0 Å². The largest absolute Gasteiger partial charge is 0.369 e. The number of amides is 1. The van der Waals surface area contributed by atoms with Crippen LogP contribution in [0.3, 0.4) is 0 Å². The van der Waals surface area contributed by atoms with Crippen LogP contribution in [0.25, 0.3) is 0 Å². The number of halogens is 1. The van der Waals surface area contributed by atoms with Gasteiger partial charge in [0.05, 0.1) is 6.61 Å². The molecule has 1 aliphatic heterocycles. The molecule has 4 heteroatoms. The van der Waals surface area contributed by atoms with E-state index in [1.54, 1.807) is 0 Å². The maximum absolute atomic E-state index is 10.4. The van der Waals surface area contributed by atoms with Crippen molar-refractivity contribution in [3.05, 3.63) is 0 Å². The SMILES string of the molecule is O=C1COCC(I)N1. The Hall–Kier alpha value is 0.160. The molecule has 46 valence electrons. The van der Waals surface area contributed by atoms with Crippen LogP contribution in [0.2, 0.25) is 0 Å². The summed E-state index contributed by atoms with van der Waals surface area (Å²) in [4.78, 5) is 10.4. The van der Waals surface area contributed by atoms with Crippen LogP contribution in [-0.4, -0.2) is 23.2 Å².